The molecule has 0 aliphatic carbocycles. The van der Waals surface area contributed by atoms with Gasteiger partial charge in [0.2, 0.25) is 0 Å². The Morgan fingerprint density at radius 3 is 1.91 bits per heavy atom. The maximum absolute atomic E-state index is 13.7. The van der Waals surface area contributed by atoms with Crippen LogP contribution in [0.5, 0.6) is 5.75 Å². The van der Waals surface area contributed by atoms with Crippen LogP contribution in [0.1, 0.15) is 30.5 Å². The maximum atomic E-state index is 13.7. The average Bonchev–Trinajstić information content (AvgIpc) is 2.84. The Balaban J connectivity index is 1.94. The lowest BCUT2D eigenvalue weighted by Crippen LogP contribution is -2.26. The van der Waals surface area contributed by atoms with Crippen LogP contribution in [0.3, 0.4) is 0 Å². The highest BCUT2D eigenvalue weighted by Gasteiger charge is 2.34. The summed E-state index contributed by atoms with van der Waals surface area (Å²) >= 11 is 0. The number of carboxylic acid groups (broad SMARTS) is 1. The van der Waals surface area contributed by atoms with Gasteiger partial charge in [-0.05, 0) is 43.0 Å². The number of nitro benzene ring substituents is 1. The van der Waals surface area contributed by atoms with E-state index >= 15 is 0 Å². The van der Waals surface area contributed by atoms with E-state index in [-0.39, 0.29) is 31.1 Å². The fourth-order valence-electron chi connectivity index (χ4n) is 3.11. The summed E-state index contributed by atoms with van der Waals surface area (Å²) in [6, 6.07) is 21.6. The Morgan fingerprint density at radius 1 is 0.943 bits per heavy atom. The molecule has 0 fully saturated rings. The molecule has 0 spiro atoms. The highest BCUT2D eigenvalue weighted by Crippen LogP contribution is 2.52. The quantitative estimate of drug-likeness (QED) is 0.178. The fourth-order valence-corrected chi connectivity index (χ4v) is 4.31. The smallest absolute Gasteiger partial charge is 0.481 e. The van der Waals surface area contributed by atoms with Crippen molar-refractivity contribution >= 4 is 19.5 Å². The number of aliphatic carboxylic acids is 1. The third kappa shape index (κ3) is 7.48. The van der Waals surface area contributed by atoms with Gasteiger partial charge in [0.1, 0.15) is 5.75 Å². The summed E-state index contributed by atoms with van der Waals surface area (Å²) in [5.41, 5.74) is 0.217. The van der Waals surface area contributed by atoms with Crippen LogP contribution < -0.4 is 4.52 Å². The van der Waals surface area contributed by atoms with Gasteiger partial charge in [-0.1, -0.05) is 60.7 Å². The molecule has 1 N–H and O–H groups in total. The summed E-state index contributed by atoms with van der Waals surface area (Å²) in [6.45, 7) is 2.82. The van der Waals surface area contributed by atoms with Gasteiger partial charge in [0.15, 0.2) is 0 Å². The summed E-state index contributed by atoms with van der Waals surface area (Å²) in [7, 11) is -4.31. The molecule has 0 radical (unpaired) electrons. The molecule has 0 heterocycles. The largest absolute Gasteiger partial charge is 0.530 e. The van der Waals surface area contributed by atoms with Gasteiger partial charge < -0.3 is 9.63 Å². The van der Waals surface area contributed by atoms with Gasteiger partial charge >= 0.3 is 13.8 Å². The van der Waals surface area contributed by atoms with Crippen LogP contribution >= 0.6 is 7.82 Å². The molecule has 0 bridgehead atoms. The molecule has 0 saturated carbocycles. The Hall–Kier alpha value is -3.52. The Kier molecular flexibility index (Phi) is 8.40. The normalized spacial score (nSPS) is 11.7. The van der Waals surface area contributed by atoms with Crippen molar-refractivity contribution in [3.8, 4) is 5.75 Å². The zero-order valence-corrected chi connectivity index (χ0v) is 20.2. The number of nitrogens with zero attached hydrogens (tertiary/aromatic N) is 1. The van der Waals surface area contributed by atoms with Gasteiger partial charge in [-0.15, -0.1) is 0 Å². The molecular formula is C25H26NO8P. The monoisotopic (exact) mass is 499 g/mol. The lowest BCUT2D eigenvalue weighted by Gasteiger charge is -2.23. The average molecular weight is 499 g/mol. The van der Waals surface area contributed by atoms with Crippen LogP contribution in [-0.4, -0.2) is 16.0 Å². The van der Waals surface area contributed by atoms with Gasteiger partial charge in [0, 0.05) is 6.07 Å². The maximum Gasteiger partial charge on any atom is 0.530 e. The molecule has 35 heavy (non-hydrogen) atoms. The molecule has 9 nitrogen and oxygen atoms in total. The molecule has 0 saturated heterocycles. The molecule has 184 valence electrons. The number of carbonyl (C=O) groups is 1. The van der Waals surface area contributed by atoms with Crippen molar-refractivity contribution in [3.63, 3.8) is 0 Å². The lowest BCUT2D eigenvalue weighted by molar-refractivity contribution is -0.384. The van der Waals surface area contributed by atoms with Crippen molar-refractivity contribution in [1.82, 2.24) is 0 Å². The lowest BCUT2D eigenvalue weighted by atomic mass is 9.85. The molecule has 0 amide bonds. The van der Waals surface area contributed by atoms with Crippen molar-refractivity contribution in [2.75, 3.05) is 0 Å². The third-order valence-electron chi connectivity index (χ3n) is 5.15. The van der Waals surface area contributed by atoms with Crippen molar-refractivity contribution in [3.05, 3.63) is 106 Å². The highest BCUT2D eigenvalue weighted by atomic mass is 31.2. The molecule has 0 aliphatic rings. The van der Waals surface area contributed by atoms with E-state index in [0.717, 1.165) is 6.07 Å². The van der Waals surface area contributed by atoms with Gasteiger partial charge in [-0.2, -0.15) is 0 Å². The second kappa shape index (κ2) is 11.3. The first-order valence-electron chi connectivity index (χ1n) is 10.8. The first-order chi connectivity index (χ1) is 16.6. The molecular weight excluding hydrogens is 473 g/mol. The Labute approximate surface area is 203 Å². The number of phosphoric ester groups is 1. The summed E-state index contributed by atoms with van der Waals surface area (Å²) in [4.78, 5) is 22.4. The summed E-state index contributed by atoms with van der Waals surface area (Å²) in [5.74, 6) is -1.20. The molecule has 0 aromatic heterocycles. The number of non-ortho nitro benzene ring substituents is 1. The number of nitro groups is 1. The number of carboxylic acids is 1. The Bertz CT molecular complexity index is 1170. The summed E-state index contributed by atoms with van der Waals surface area (Å²) in [6.07, 6.45) is -0.0347. The van der Waals surface area contributed by atoms with E-state index in [0.29, 0.717) is 16.7 Å². The van der Waals surface area contributed by atoms with Crippen LogP contribution in [0.15, 0.2) is 78.9 Å². The highest BCUT2D eigenvalue weighted by molar-refractivity contribution is 7.48. The Morgan fingerprint density at radius 2 is 1.46 bits per heavy atom. The fraction of sp³-hybridized carbons (Fsp3) is 0.240. The molecule has 3 aromatic rings. The van der Waals surface area contributed by atoms with E-state index in [4.69, 9.17) is 13.6 Å². The molecule has 0 atom stereocenters. The SMILES string of the molecule is CC(C)(Cc1ccc([N+](=O)[O-])cc1OP(=O)(OCc1ccccc1)OCc1ccccc1)C(=O)O. The van der Waals surface area contributed by atoms with Crippen molar-refractivity contribution in [1.29, 1.82) is 0 Å². The van der Waals surface area contributed by atoms with E-state index in [2.05, 4.69) is 0 Å². The van der Waals surface area contributed by atoms with Gasteiger partial charge in [0.25, 0.3) is 5.69 Å². The zero-order valence-electron chi connectivity index (χ0n) is 19.3. The zero-order chi connectivity index (χ0) is 25.5. The number of hydrogen-bond donors (Lipinski definition) is 1. The molecule has 3 rings (SSSR count). The standard InChI is InChI=1S/C25H26NO8P/c1-25(2,24(27)28)16-21-13-14-22(26(29)30)15-23(21)34-35(31,32-17-19-9-5-3-6-10-19)33-18-20-11-7-4-8-12-20/h3-15H,16-18H2,1-2H3,(H,27,28). The van der Waals surface area contributed by atoms with E-state index < -0.39 is 24.1 Å². The predicted molar refractivity (Wildman–Crippen MR) is 129 cm³/mol. The minimum atomic E-state index is -4.31. The summed E-state index contributed by atoms with van der Waals surface area (Å²) in [5, 5.41) is 20.9. The van der Waals surface area contributed by atoms with Crippen LogP contribution in [0.2, 0.25) is 0 Å². The van der Waals surface area contributed by atoms with Crippen LogP contribution in [0.25, 0.3) is 0 Å². The molecule has 0 unspecified atom stereocenters. The van der Waals surface area contributed by atoms with E-state index in [1.165, 1.54) is 26.0 Å². The van der Waals surface area contributed by atoms with Gasteiger partial charge in [-0.3, -0.25) is 24.0 Å². The number of hydrogen-bond acceptors (Lipinski definition) is 7. The van der Waals surface area contributed by atoms with Crippen molar-refractivity contribution < 1.29 is 33.0 Å². The minimum absolute atomic E-state index is 0.0347. The van der Waals surface area contributed by atoms with Gasteiger partial charge in [-0.25, -0.2) is 4.57 Å². The van der Waals surface area contributed by atoms with Crippen LogP contribution in [0, 0.1) is 15.5 Å². The van der Waals surface area contributed by atoms with E-state index in [9.17, 15) is 24.6 Å². The first-order valence-corrected chi connectivity index (χ1v) is 12.2. The van der Waals surface area contributed by atoms with Gasteiger partial charge in [0.05, 0.1) is 29.6 Å². The topological polar surface area (TPSA) is 125 Å². The molecule has 0 aliphatic heterocycles. The van der Waals surface area contributed by atoms with Crippen LogP contribution in [-0.2, 0) is 38.0 Å². The molecule has 3 aromatic carbocycles. The minimum Gasteiger partial charge on any atom is -0.481 e. The molecule has 10 heteroatoms. The van der Waals surface area contributed by atoms with E-state index in [1.54, 1.807) is 48.5 Å². The second-order valence-corrected chi connectivity index (χ2v) is 10.1. The van der Waals surface area contributed by atoms with Crippen molar-refractivity contribution in [2.45, 2.75) is 33.5 Å². The predicted octanol–water partition coefficient (Wildman–Crippen LogP) is 6.17. The first kappa shape index (κ1) is 26.1. The number of benzene rings is 3. The summed E-state index contributed by atoms with van der Waals surface area (Å²) < 4.78 is 30.6. The van der Waals surface area contributed by atoms with Crippen LogP contribution in [0.4, 0.5) is 5.69 Å². The number of phosphoric acid groups is 1. The second-order valence-electron chi connectivity index (χ2n) is 8.47. The van der Waals surface area contributed by atoms with E-state index in [1.807, 2.05) is 12.1 Å². The number of rotatable bonds is 12. The third-order valence-corrected chi connectivity index (χ3v) is 6.46. The van der Waals surface area contributed by atoms with Crippen molar-refractivity contribution in [2.24, 2.45) is 5.41 Å².